The number of nitrogens with one attached hydrogen (secondary N) is 3. The number of H-pyrrole nitrogens is 1. The van der Waals surface area contributed by atoms with Gasteiger partial charge in [-0.2, -0.15) is 4.99 Å². The minimum Gasteiger partial charge on any atom is -0.442 e. The zero-order valence-corrected chi connectivity index (χ0v) is 29.2. The molecule has 2 amide bonds. The number of anilines is 2. The first-order chi connectivity index (χ1) is 24.1. The third kappa shape index (κ3) is 7.15. The fraction of sp³-hybridized carbons (Fsp3) is 0.462. The van der Waals surface area contributed by atoms with E-state index in [1.807, 2.05) is 45.0 Å². The number of aromatic nitrogens is 3. The zero-order valence-electron chi connectivity index (χ0n) is 29.2. The first-order valence-corrected chi connectivity index (χ1v) is 18.0. The number of likely N-dealkylation sites (tertiary alicyclic amines) is 1. The molecule has 2 saturated heterocycles. The highest BCUT2D eigenvalue weighted by molar-refractivity contribution is 6.05. The van der Waals surface area contributed by atoms with Crippen molar-refractivity contribution in [3.05, 3.63) is 71.6 Å². The van der Waals surface area contributed by atoms with Crippen LogP contribution in [0.2, 0.25) is 0 Å². The molecule has 1 aromatic carbocycles. The fourth-order valence-electron chi connectivity index (χ4n) is 7.58. The van der Waals surface area contributed by atoms with Gasteiger partial charge in [0, 0.05) is 60.9 Å². The molecule has 2 aromatic heterocycles. The van der Waals surface area contributed by atoms with E-state index in [-0.39, 0.29) is 17.4 Å². The number of ether oxygens (including phenoxy) is 1. The van der Waals surface area contributed by atoms with Crippen molar-refractivity contribution in [2.75, 3.05) is 49.5 Å². The molecule has 3 aromatic rings. The Bertz CT molecular complexity index is 1940. The molecule has 0 atom stereocenters. The fourth-order valence-corrected chi connectivity index (χ4v) is 7.58. The maximum Gasteiger partial charge on any atom is 0.434 e. The van der Waals surface area contributed by atoms with Crippen molar-refractivity contribution in [3.8, 4) is 11.3 Å². The first-order valence-electron chi connectivity index (χ1n) is 18.0. The predicted octanol–water partition coefficient (Wildman–Crippen LogP) is 6.18. The quantitative estimate of drug-likeness (QED) is 0.283. The standard InChI is InChI=1S/C39H46N8O3/c1-38(2,3)50-37(49)44-30-5-4-15-46(22-30)21-26-7-6-25-17-28(18-25)31(19-26)36(48)43-29-10-8-27(9-11-29)33-20-32-34(45-33)40-24-41-35(32)47-16-14-42-39(23-47)12-13-39/h6-11,19-20,24,28,42H,4-5,12-18,21-23H2,1-3H3,(H,43,48)(H,40,41,45)/b25-6?,26-7+,31-19+,44-30+. The average Bonchev–Trinajstić information content (AvgIpc) is 3.62. The summed E-state index contributed by atoms with van der Waals surface area (Å²) in [6, 6.07) is 10.1. The minimum atomic E-state index is -0.570. The van der Waals surface area contributed by atoms with Gasteiger partial charge < -0.3 is 25.3 Å². The molecule has 0 unspecified atom stereocenters. The van der Waals surface area contributed by atoms with Gasteiger partial charge in [0.15, 0.2) is 0 Å². The van der Waals surface area contributed by atoms with Gasteiger partial charge >= 0.3 is 6.09 Å². The molecule has 9 rings (SSSR count). The number of carbonyl (C=O) groups is 2. The Morgan fingerprint density at radius 3 is 2.70 bits per heavy atom. The van der Waals surface area contributed by atoms with Crippen LogP contribution in [0.4, 0.5) is 16.3 Å². The molecule has 6 aliphatic rings. The van der Waals surface area contributed by atoms with Crippen LogP contribution in [0.3, 0.4) is 0 Å². The number of rotatable bonds is 6. The Morgan fingerprint density at radius 2 is 1.92 bits per heavy atom. The van der Waals surface area contributed by atoms with Gasteiger partial charge in [0.2, 0.25) is 0 Å². The molecule has 0 radical (unpaired) electrons. The lowest BCUT2D eigenvalue weighted by atomic mass is 9.73. The first kappa shape index (κ1) is 32.6. The van der Waals surface area contributed by atoms with Crippen molar-refractivity contribution in [3.63, 3.8) is 0 Å². The summed E-state index contributed by atoms with van der Waals surface area (Å²) in [4.78, 5) is 47.7. The Balaban J connectivity index is 0.942. The van der Waals surface area contributed by atoms with Crippen LogP contribution < -0.4 is 15.5 Å². The minimum absolute atomic E-state index is 0.0598. The smallest absolute Gasteiger partial charge is 0.434 e. The molecule has 11 nitrogen and oxygen atoms in total. The normalized spacial score (nSPS) is 24.7. The van der Waals surface area contributed by atoms with Crippen LogP contribution in [0.1, 0.15) is 59.3 Å². The number of aliphatic imine (C=N–C) groups is 1. The summed E-state index contributed by atoms with van der Waals surface area (Å²) in [5.41, 5.74) is 7.38. The van der Waals surface area contributed by atoms with Crippen molar-refractivity contribution in [1.82, 2.24) is 25.2 Å². The summed E-state index contributed by atoms with van der Waals surface area (Å²) >= 11 is 0. The van der Waals surface area contributed by atoms with Gasteiger partial charge in [-0.05, 0) is 107 Å². The van der Waals surface area contributed by atoms with Gasteiger partial charge in [-0.25, -0.2) is 14.8 Å². The topological polar surface area (TPSA) is 128 Å². The number of benzene rings is 1. The Hall–Kier alpha value is -4.61. The van der Waals surface area contributed by atoms with Crippen LogP contribution in [0.15, 0.2) is 76.6 Å². The summed E-state index contributed by atoms with van der Waals surface area (Å²) in [6.45, 7) is 10.6. The number of piperidine rings is 1. The SMILES string of the molecule is CC(C)(C)OC(=O)/N=C1\CCCN(CC2=C/C=C3CC(C3)/C(C(=O)Nc3ccc(-c4cc5c(N6CCNC7(CC7)C6)ncnc5[nH]4)cc3)=C\2)C1. The molecule has 2 aliphatic heterocycles. The van der Waals surface area contributed by atoms with E-state index in [1.165, 1.54) is 18.4 Å². The van der Waals surface area contributed by atoms with Crippen molar-refractivity contribution < 1.29 is 14.3 Å². The number of hydrogen-bond acceptors (Lipinski definition) is 8. The lowest BCUT2D eigenvalue weighted by Crippen LogP contribution is -2.52. The third-order valence-corrected chi connectivity index (χ3v) is 10.4. The van der Waals surface area contributed by atoms with Crippen LogP contribution in [0.25, 0.3) is 22.3 Å². The van der Waals surface area contributed by atoms with Gasteiger partial charge in [-0.15, -0.1) is 0 Å². The summed E-state index contributed by atoms with van der Waals surface area (Å²) in [5, 5.41) is 7.88. The monoisotopic (exact) mass is 674 g/mol. The summed E-state index contributed by atoms with van der Waals surface area (Å²) in [6.07, 6.45) is 13.5. The second-order valence-corrected chi connectivity index (χ2v) is 15.5. The molecule has 2 saturated carbocycles. The number of allylic oxidation sites excluding steroid dienone is 3. The van der Waals surface area contributed by atoms with Gasteiger partial charge in [0.05, 0.1) is 5.39 Å². The second-order valence-electron chi connectivity index (χ2n) is 15.5. The Morgan fingerprint density at radius 1 is 1.10 bits per heavy atom. The molecular formula is C39H46N8O3. The van der Waals surface area contributed by atoms with Gasteiger partial charge in [0.25, 0.3) is 5.91 Å². The number of piperazine rings is 1. The van der Waals surface area contributed by atoms with Crippen LogP contribution in [-0.2, 0) is 9.53 Å². The number of aromatic amines is 1. The summed E-state index contributed by atoms with van der Waals surface area (Å²) in [5.74, 6) is 1.14. The van der Waals surface area contributed by atoms with Crippen molar-refractivity contribution in [1.29, 1.82) is 0 Å². The summed E-state index contributed by atoms with van der Waals surface area (Å²) in [7, 11) is 0. The van der Waals surface area contributed by atoms with Crippen LogP contribution in [-0.4, -0.2) is 88.0 Å². The number of nitrogens with zero attached hydrogens (tertiary/aromatic N) is 5. The molecule has 4 fully saturated rings. The van der Waals surface area contributed by atoms with E-state index in [0.717, 1.165) is 103 Å². The average molecular weight is 675 g/mol. The largest absolute Gasteiger partial charge is 0.442 e. The molecule has 2 bridgehead atoms. The van der Waals surface area contributed by atoms with E-state index in [4.69, 9.17) is 4.74 Å². The van der Waals surface area contributed by atoms with Crippen LogP contribution >= 0.6 is 0 Å². The van der Waals surface area contributed by atoms with E-state index in [2.05, 4.69) is 64.7 Å². The number of hydrogen-bond donors (Lipinski definition) is 3. The zero-order chi connectivity index (χ0) is 34.5. The van der Waals surface area contributed by atoms with Gasteiger partial charge in [-0.3, -0.25) is 9.69 Å². The van der Waals surface area contributed by atoms with E-state index in [1.54, 1.807) is 6.33 Å². The van der Waals surface area contributed by atoms with Crippen molar-refractivity contribution in [2.45, 2.75) is 70.4 Å². The molecule has 4 aliphatic carbocycles. The molecular weight excluding hydrogens is 628 g/mol. The van der Waals surface area contributed by atoms with Gasteiger partial charge in [0.1, 0.15) is 23.4 Å². The Labute approximate surface area is 293 Å². The van der Waals surface area contributed by atoms with Crippen molar-refractivity contribution in [2.24, 2.45) is 10.9 Å². The third-order valence-electron chi connectivity index (χ3n) is 10.4. The van der Waals surface area contributed by atoms with E-state index in [0.29, 0.717) is 13.1 Å². The van der Waals surface area contributed by atoms with Crippen LogP contribution in [0, 0.1) is 5.92 Å². The Kier molecular flexibility index (Phi) is 8.43. The van der Waals surface area contributed by atoms with E-state index < -0.39 is 11.7 Å². The maximum atomic E-state index is 13.8. The van der Waals surface area contributed by atoms with E-state index >= 15 is 0 Å². The maximum absolute atomic E-state index is 13.8. The molecule has 4 heterocycles. The second kappa shape index (κ2) is 12.9. The molecule has 1 spiro atoms. The lowest BCUT2D eigenvalue weighted by Gasteiger charge is -2.35. The van der Waals surface area contributed by atoms with Crippen LogP contribution in [0.5, 0.6) is 0 Å². The van der Waals surface area contributed by atoms with E-state index in [9.17, 15) is 9.59 Å². The number of fused-ring (bicyclic) bond motifs is 3. The molecule has 50 heavy (non-hydrogen) atoms. The molecule has 3 N–H and O–H groups in total. The molecule has 11 heteroatoms. The number of carbonyl (C=O) groups excluding carboxylic acids is 2. The highest BCUT2D eigenvalue weighted by Crippen LogP contribution is 2.41. The number of amides is 2. The highest BCUT2D eigenvalue weighted by atomic mass is 16.6. The van der Waals surface area contributed by atoms with Gasteiger partial charge in [-0.1, -0.05) is 29.9 Å². The predicted molar refractivity (Wildman–Crippen MR) is 196 cm³/mol. The molecule has 260 valence electrons. The van der Waals surface area contributed by atoms with Crippen molar-refractivity contribution >= 4 is 40.3 Å². The highest BCUT2D eigenvalue weighted by Gasteiger charge is 2.46. The lowest BCUT2D eigenvalue weighted by molar-refractivity contribution is -0.113. The summed E-state index contributed by atoms with van der Waals surface area (Å²) < 4.78 is 5.41.